The highest BCUT2D eigenvalue weighted by molar-refractivity contribution is 5.29. The van der Waals surface area contributed by atoms with Crippen molar-refractivity contribution in [1.82, 2.24) is 0 Å². The van der Waals surface area contributed by atoms with Crippen LogP contribution >= 0.6 is 0 Å². The predicted molar refractivity (Wildman–Crippen MR) is 71.2 cm³/mol. The number of halogens is 1. The molecule has 18 heavy (non-hydrogen) atoms. The maximum atomic E-state index is 13.5. The average Bonchev–Trinajstić information content (AvgIpc) is 2.82. The smallest absolute Gasteiger partial charge is 0.165 e. The molecule has 0 heterocycles. The first-order chi connectivity index (χ1) is 8.69. The van der Waals surface area contributed by atoms with Gasteiger partial charge in [0.2, 0.25) is 0 Å². The first-order valence-corrected chi connectivity index (χ1v) is 6.77. The second kappa shape index (κ2) is 6.19. The largest absolute Gasteiger partial charge is 0.494 e. The molecule has 100 valence electrons. The lowest BCUT2D eigenvalue weighted by Gasteiger charge is -2.16. The molecule has 1 unspecified atom stereocenters. The van der Waals surface area contributed by atoms with E-state index in [1.807, 2.05) is 6.07 Å². The van der Waals surface area contributed by atoms with Crippen LogP contribution in [-0.4, -0.2) is 13.2 Å². The van der Waals surface area contributed by atoms with Gasteiger partial charge in [-0.15, -0.1) is 0 Å². The molecule has 0 amide bonds. The van der Waals surface area contributed by atoms with E-state index in [2.05, 4.69) is 0 Å². The summed E-state index contributed by atoms with van der Waals surface area (Å²) in [5.41, 5.74) is 7.11. The summed E-state index contributed by atoms with van der Waals surface area (Å²) in [5, 5.41) is 0. The van der Waals surface area contributed by atoms with Crippen molar-refractivity contribution in [2.75, 3.05) is 7.11 Å². The Bertz CT molecular complexity index is 388. The van der Waals surface area contributed by atoms with E-state index in [0.717, 1.165) is 24.3 Å². The van der Waals surface area contributed by atoms with Crippen LogP contribution < -0.4 is 10.5 Å². The van der Waals surface area contributed by atoms with E-state index in [4.69, 9.17) is 10.5 Å². The van der Waals surface area contributed by atoms with Gasteiger partial charge in [-0.3, -0.25) is 0 Å². The molecule has 3 heteroatoms. The molecule has 1 aromatic carbocycles. The summed E-state index contributed by atoms with van der Waals surface area (Å²) in [4.78, 5) is 0. The van der Waals surface area contributed by atoms with Crippen molar-refractivity contribution in [2.45, 2.75) is 44.6 Å². The number of benzene rings is 1. The number of rotatable bonds is 5. The van der Waals surface area contributed by atoms with Crippen molar-refractivity contribution < 1.29 is 9.13 Å². The number of ether oxygens (including phenoxy) is 1. The van der Waals surface area contributed by atoms with E-state index in [9.17, 15) is 4.39 Å². The molecule has 0 spiro atoms. The Morgan fingerprint density at radius 3 is 2.72 bits per heavy atom. The minimum Gasteiger partial charge on any atom is -0.494 e. The Morgan fingerprint density at radius 2 is 2.11 bits per heavy atom. The van der Waals surface area contributed by atoms with Crippen molar-refractivity contribution in [3.8, 4) is 5.75 Å². The summed E-state index contributed by atoms with van der Waals surface area (Å²) in [6.07, 6.45) is 7.11. The van der Waals surface area contributed by atoms with Gasteiger partial charge in [0.05, 0.1) is 7.11 Å². The molecule has 2 rings (SSSR count). The van der Waals surface area contributed by atoms with Crippen LogP contribution in [0.25, 0.3) is 0 Å². The number of methoxy groups -OCH3 is 1. The zero-order chi connectivity index (χ0) is 13.0. The lowest BCUT2D eigenvalue weighted by Crippen LogP contribution is -2.25. The molecule has 1 aliphatic rings. The van der Waals surface area contributed by atoms with Gasteiger partial charge in [0, 0.05) is 6.04 Å². The molecular weight excluding hydrogens is 229 g/mol. The van der Waals surface area contributed by atoms with Crippen LogP contribution in [0, 0.1) is 11.7 Å². The van der Waals surface area contributed by atoms with Crippen LogP contribution in [0.2, 0.25) is 0 Å². The summed E-state index contributed by atoms with van der Waals surface area (Å²) < 4.78 is 18.4. The second-order valence-electron chi connectivity index (χ2n) is 5.32. The van der Waals surface area contributed by atoms with Crippen LogP contribution in [0.1, 0.15) is 37.7 Å². The molecule has 0 radical (unpaired) electrons. The van der Waals surface area contributed by atoms with Gasteiger partial charge in [0.15, 0.2) is 11.6 Å². The molecule has 1 saturated carbocycles. The van der Waals surface area contributed by atoms with Crippen molar-refractivity contribution >= 4 is 0 Å². The molecule has 1 aromatic rings. The van der Waals surface area contributed by atoms with Crippen molar-refractivity contribution in [3.05, 3.63) is 29.6 Å². The Labute approximate surface area is 108 Å². The summed E-state index contributed by atoms with van der Waals surface area (Å²) >= 11 is 0. The highest BCUT2D eigenvalue weighted by Gasteiger charge is 2.18. The lowest BCUT2D eigenvalue weighted by atomic mass is 9.94. The molecular formula is C15H22FNO. The Kier molecular flexibility index (Phi) is 4.59. The first-order valence-electron chi connectivity index (χ1n) is 6.77. The lowest BCUT2D eigenvalue weighted by molar-refractivity contribution is 0.385. The van der Waals surface area contributed by atoms with Gasteiger partial charge in [-0.1, -0.05) is 31.7 Å². The average molecular weight is 251 g/mol. The maximum Gasteiger partial charge on any atom is 0.165 e. The minimum absolute atomic E-state index is 0.140. The molecule has 0 saturated heterocycles. The molecule has 0 aliphatic heterocycles. The topological polar surface area (TPSA) is 35.2 Å². The van der Waals surface area contributed by atoms with E-state index in [0.29, 0.717) is 5.75 Å². The number of nitrogens with two attached hydrogens (primary N) is 1. The third-order valence-corrected chi connectivity index (χ3v) is 3.82. The van der Waals surface area contributed by atoms with E-state index in [-0.39, 0.29) is 11.9 Å². The van der Waals surface area contributed by atoms with E-state index >= 15 is 0 Å². The fraction of sp³-hybridized carbons (Fsp3) is 0.600. The van der Waals surface area contributed by atoms with Gasteiger partial charge < -0.3 is 10.5 Å². The number of hydrogen-bond donors (Lipinski definition) is 1. The Hall–Kier alpha value is -1.09. The third kappa shape index (κ3) is 3.45. The molecule has 1 aliphatic carbocycles. The monoisotopic (exact) mass is 251 g/mol. The van der Waals surface area contributed by atoms with Gasteiger partial charge in [0.25, 0.3) is 0 Å². The third-order valence-electron chi connectivity index (χ3n) is 3.82. The standard InChI is InChI=1S/C15H22FNO/c1-18-15-7-6-12(10-14(15)16)9-13(17)8-11-4-2-3-5-11/h6-7,10-11,13H,2-5,8-9,17H2,1H3. The van der Waals surface area contributed by atoms with Gasteiger partial charge >= 0.3 is 0 Å². The van der Waals surface area contributed by atoms with E-state index in [1.165, 1.54) is 38.9 Å². The highest BCUT2D eigenvalue weighted by Crippen LogP contribution is 2.29. The quantitative estimate of drug-likeness (QED) is 0.871. The predicted octanol–water partition coefficient (Wildman–Crippen LogP) is 3.28. The summed E-state index contributed by atoms with van der Waals surface area (Å²) in [7, 11) is 1.48. The SMILES string of the molecule is COc1ccc(CC(N)CC2CCCC2)cc1F. The normalized spacial score (nSPS) is 17.9. The zero-order valence-corrected chi connectivity index (χ0v) is 11.0. The van der Waals surface area contributed by atoms with Crippen molar-refractivity contribution in [1.29, 1.82) is 0 Å². The molecule has 2 nitrogen and oxygen atoms in total. The molecule has 0 aromatic heterocycles. The highest BCUT2D eigenvalue weighted by atomic mass is 19.1. The van der Waals surface area contributed by atoms with Crippen LogP contribution in [0.15, 0.2) is 18.2 Å². The Morgan fingerprint density at radius 1 is 1.39 bits per heavy atom. The fourth-order valence-electron chi connectivity index (χ4n) is 2.90. The molecule has 2 N–H and O–H groups in total. The summed E-state index contributed by atoms with van der Waals surface area (Å²) in [6, 6.07) is 5.25. The van der Waals surface area contributed by atoms with Crippen LogP contribution in [0.3, 0.4) is 0 Å². The number of hydrogen-bond acceptors (Lipinski definition) is 2. The zero-order valence-electron chi connectivity index (χ0n) is 11.0. The summed E-state index contributed by atoms with van der Waals surface area (Å²) in [5.74, 6) is 0.772. The van der Waals surface area contributed by atoms with Crippen LogP contribution in [0.5, 0.6) is 5.75 Å². The molecule has 1 atom stereocenters. The van der Waals surface area contributed by atoms with Crippen molar-refractivity contribution in [2.24, 2.45) is 11.7 Å². The first kappa shape index (κ1) is 13.3. The summed E-state index contributed by atoms with van der Waals surface area (Å²) in [6.45, 7) is 0. The molecule has 0 bridgehead atoms. The van der Waals surface area contributed by atoms with Gasteiger partial charge in [-0.25, -0.2) is 4.39 Å². The molecule has 1 fully saturated rings. The van der Waals surface area contributed by atoms with Crippen LogP contribution in [-0.2, 0) is 6.42 Å². The van der Waals surface area contributed by atoms with E-state index in [1.54, 1.807) is 6.07 Å². The van der Waals surface area contributed by atoms with Crippen LogP contribution in [0.4, 0.5) is 4.39 Å². The fourth-order valence-corrected chi connectivity index (χ4v) is 2.90. The van der Waals surface area contributed by atoms with Gasteiger partial charge in [-0.2, -0.15) is 0 Å². The minimum atomic E-state index is -0.303. The van der Waals surface area contributed by atoms with Crippen molar-refractivity contribution in [3.63, 3.8) is 0 Å². The second-order valence-corrected chi connectivity index (χ2v) is 5.32. The van der Waals surface area contributed by atoms with Gasteiger partial charge in [-0.05, 0) is 36.5 Å². The Balaban J connectivity index is 1.89. The van der Waals surface area contributed by atoms with E-state index < -0.39 is 0 Å². The maximum absolute atomic E-state index is 13.5. The van der Waals surface area contributed by atoms with Gasteiger partial charge in [0.1, 0.15) is 0 Å².